The highest BCUT2D eigenvalue weighted by Gasteiger charge is 2.32. The average molecular weight is 298 g/mol. The maximum absolute atomic E-state index is 11.7. The van der Waals surface area contributed by atoms with E-state index in [1.54, 1.807) is 0 Å². The van der Waals surface area contributed by atoms with Crippen molar-refractivity contribution in [2.45, 2.75) is 71.1 Å². The molecular weight excluding hydrogens is 264 g/mol. The quantitative estimate of drug-likeness (QED) is 0.737. The van der Waals surface area contributed by atoms with Gasteiger partial charge in [-0.2, -0.15) is 0 Å². The SMILES string of the molecule is CC(C)NC(C)(CCCN1CC(C)N(C)C(C)C1)C(N)=O. The normalized spacial score (nSPS) is 27.8. The van der Waals surface area contributed by atoms with Crippen molar-refractivity contribution in [3.05, 3.63) is 0 Å². The molecule has 1 rings (SSSR count). The van der Waals surface area contributed by atoms with E-state index < -0.39 is 5.54 Å². The lowest BCUT2D eigenvalue weighted by Gasteiger charge is -2.42. The molecule has 0 aromatic heterocycles. The number of piperazine rings is 1. The minimum absolute atomic E-state index is 0.253. The summed E-state index contributed by atoms with van der Waals surface area (Å²) in [6.45, 7) is 13.8. The van der Waals surface area contributed by atoms with Gasteiger partial charge in [0.05, 0.1) is 5.54 Å². The third kappa shape index (κ3) is 5.24. The van der Waals surface area contributed by atoms with Gasteiger partial charge >= 0.3 is 0 Å². The maximum Gasteiger partial charge on any atom is 0.237 e. The zero-order chi connectivity index (χ0) is 16.2. The van der Waals surface area contributed by atoms with Crippen molar-refractivity contribution in [1.82, 2.24) is 15.1 Å². The van der Waals surface area contributed by atoms with Crippen LogP contribution in [-0.2, 0) is 4.79 Å². The molecule has 0 aliphatic carbocycles. The Labute approximate surface area is 130 Å². The molecule has 0 radical (unpaired) electrons. The summed E-state index contributed by atoms with van der Waals surface area (Å²) in [4.78, 5) is 16.7. The van der Waals surface area contributed by atoms with Crippen LogP contribution in [0, 0.1) is 0 Å². The van der Waals surface area contributed by atoms with Gasteiger partial charge in [-0.1, -0.05) is 0 Å². The highest BCUT2D eigenvalue weighted by molar-refractivity contribution is 5.84. The topological polar surface area (TPSA) is 61.6 Å². The van der Waals surface area contributed by atoms with Crippen LogP contribution in [0.1, 0.15) is 47.5 Å². The van der Waals surface area contributed by atoms with Gasteiger partial charge in [-0.05, 0) is 61.1 Å². The second kappa shape index (κ2) is 7.56. The molecule has 5 nitrogen and oxygen atoms in total. The number of hydrogen-bond acceptors (Lipinski definition) is 4. The van der Waals surface area contributed by atoms with Gasteiger partial charge in [0.1, 0.15) is 0 Å². The van der Waals surface area contributed by atoms with Gasteiger partial charge in [-0.25, -0.2) is 0 Å². The summed E-state index contributed by atoms with van der Waals surface area (Å²) < 4.78 is 0. The Kier molecular flexibility index (Phi) is 6.63. The predicted octanol–water partition coefficient (Wildman–Crippen LogP) is 1.03. The van der Waals surface area contributed by atoms with E-state index in [0.29, 0.717) is 12.1 Å². The number of nitrogens with two attached hydrogens (primary N) is 1. The Morgan fingerprint density at radius 1 is 1.33 bits per heavy atom. The molecule has 5 heteroatoms. The summed E-state index contributed by atoms with van der Waals surface area (Å²) in [5, 5.41) is 3.32. The molecule has 1 fully saturated rings. The van der Waals surface area contributed by atoms with E-state index in [1.807, 2.05) is 20.8 Å². The van der Waals surface area contributed by atoms with Crippen molar-refractivity contribution < 1.29 is 4.79 Å². The van der Waals surface area contributed by atoms with Crippen molar-refractivity contribution in [1.29, 1.82) is 0 Å². The lowest BCUT2D eigenvalue weighted by Crippen LogP contribution is -2.57. The van der Waals surface area contributed by atoms with Crippen LogP contribution in [0.25, 0.3) is 0 Å². The fraction of sp³-hybridized carbons (Fsp3) is 0.938. The first-order valence-corrected chi connectivity index (χ1v) is 8.17. The van der Waals surface area contributed by atoms with Crippen LogP contribution in [-0.4, -0.2) is 66.1 Å². The molecule has 21 heavy (non-hydrogen) atoms. The summed E-state index contributed by atoms with van der Waals surface area (Å²) >= 11 is 0. The zero-order valence-corrected chi connectivity index (χ0v) is 14.6. The van der Waals surface area contributed by atoms with Gasteiger partial charge < -0.3 is 16.0 Å². The van der Waals surface area contributed by atoms with E-state index in [4.69, 9.17) is 5.73 Å². The van der Waals surface area contributed by atoms with Crippen LogP contribution in [0.5, 0.6) is 0 Å². The molecule has 124 valence electrons. The molecule has 1 aliphatic rings. The number of carbonyl (C=O) groups excluding carboxylic acids is 1. The third-order valence-corrected chi connectivity index (χ3v) is 4.74. The molecule has 1 aliphatic heterocycles. The monoisotopic (exact) mass is 298 g/mol. The highest BCUT2D eigenvalue weighted by Crippen LogP contribution is 2.17. The summed E-state index contributed by atoms with van der Waals surface area (Å²) in [5.41, 5.74) is 4.98. The molecule has 0 aromatic carbocycles. The molecule has 0 aromatic rings. The van der Waals surface area contributed by atoms with E-state index in [0.717, 1.165) is 32.5 Å². The largest absolute Gasteiger partial charge is 0.368 e. The first-order valence-electron chi connectivity index (χ1n) is 8.17. The van der Waals surface area contributed by atoms with Gasteiger partial charge in [-0.3, -0.25) is 9.69 Å². The minimum Gasteiger partial charge on any atom is -0.368 e. The molecule has 3 N–H and O–H groups in total. The number of rotatable bonds is 7. The Morgan fingerprint density at radius 3 is 2.29 bits per heavy atom. The Morgan fingerprint density at radius 2 is 1.86 bits per heavy atom. The maximum atomic E-state index is 11.7. The average Bonchev–Trinajstić information content (AvgIpc) is 2.34. The number of nitrogens with zero attached hydrogens (tertiary/aromatic N) is 2. The Hall–Kier alpha value is -0.650. The Balaban J connectivity index is 2.46. The van der Waals surface area contributed by atoms with E-state index in [9.17, 15) is 4.79 Å². The van der Waals surface area contributed by atoms with Gasteiger partial charge in [-0.15, -0.1) is 0 Å². The summed E-state index contributed by atoms with van der Waals surface area (Å²) in [6, 6.07) is 1.43. The van der Waals surface area contributed by atoms with Crippen LogP contribution >= 0.6 is 0 Å². The van der Waals surface area contributed by atoms with Crippen LogP contribution in [0.3, 0.4) is 0 Å². The first-order chi connectivity index (χ1) is 9.65. The second-order valence-electron chi connectivity index (χ2n) is 7.22. The van der Waals surface area contributed by atoms with E-state index in [1.165, 1.54) is 0 Å². The van der Waals surface area contributed by atoms with Gasteiger partial charge in [0.25, 0.3) is 0 Å². The molecule has 1 saturated heterocycles. The predicted molar refractivity (Wildman–Crippen MR) is 88.2 cm³/mol. The molecule has 3 unspecified atom stereocenters. The van der Waals surface area contributed by atoms with Gasteiger partial charge in [0.15, 0.2) is 0 Å². The molecule has 1 heterocycles. The minimum atomic E-state index is -0.599. The second-order valence-corrected chi connectivity index (χ2v) is 7.22. The summed E-state index contributed by atoms with van der Waals surface area (Å²) in [7, 11) is 2.20. The van der Waals surface area contributed by atoms with Gasteiger partial charge in [0.2, 0.25) is 5.91 Å². The van der Waals surface area contributed by atoms with Crippen LogP contribution < -0.4 is 11.1 Å². The van der Waals surface area contributed by atoms with E-state index in [2.05, 4.69) is 36.0 Å². The van der Waals surface area contributed by atoms with Crippen molar-refractivity contribution in [3.8, 4) is 0 Å². The number of hydrogen-bond donors (Lipinski definition) is 2. The van der Waals surface area contributed by atoms with Gasteiger partial charge in [0, 0.05) is 31.2 Å². The van der Waals surface area contributed by atoms with Crippen molar-refractivity contribution >= 4 is 5.91 Å². The van der Waals surface area contributed by atoms with Crippen LogP contribution in [0.2, 0.25) is 0 Å². The van der Waals surface area contributed by atoms with Crippen molar-refractivity contribution in [2.75, 3.05) is 26.7 Å². The molecule has 0 spiro atoms. The Bertz CT molecular complexity index is 335. The van der Waals surface area contributed by atoms with Crippen LogP contribution in [0.4, 0.5) is 0 Å². The standard InChI is InChI=1S/C16H34N4O/c1-12(2)18-16(5,15(17)21)8-7-9-20-10-13(3)19(6)14(4)11-20/h12-14,18H,7-11H2,1-6H3,(H2,17,21). The number of likely N-dealkylation sites (N-methyl/N-ethyl adjacent to an activating group) is 1. The fourth-order valence-electron chi connectivity index (χ4n) is 3.26. The third-order valence-electron chi connectivity index (χ3n) is 4.74. The van der Waals surface area contributed by atoms with E-state index in [-0.39, 0.29) is 11.9 Å². The molecule has 0 saturated carbocycles. The molecule has 0 bridgehead atoms. The zero-order valence-electron chi connectivity index (χ0n) is 14.6. The van der Waals surface area contributed by atoms with Crippen molar-refractivity contribution in [2.24, 2.45) is 5.73 Å². The first kappa shape index (κ1) is 18.4. The number of carbonyl (C=O) groups is 1. The number of primary amides is 1. The molecular formula is C16H34N4O. The summed E-state index contributed by atoms with van der Waals surface area (Å²) in [5.74, 6) is -0.253. The van der Waals surface area contributed by atoms with Crippen molar-refractivity contribution in [3.63, 3.8) is 0 Å². The molecule has 1 amide bonds. The van der Waals surface area contributed by atoms with E-state index >= 15 is 0 Å². The fourth-order valence-corrected chi connectivity index (χ4v) is 3.26. The number of nitrogens with one attached hydrogen (secondary N) is 1. The van der Waals surface area contributed by atoms with Crippen LogP contribution in [0.15, 0.2) is 0 Å². The lowest BCUT2D eigenvalue weighted by atomic mass is 9.93. The lowest BCUT2D eigenvalue weighted by molar-refractivity contribution is -0.124. The highest BCUT2D eigenvalue weighted by atomic mass is 16.1. The molecule has 3 atom stereocenters. The smallest absolute Gasteiger partial charge is 0.237 e. The number of amides is 1. The summed E-state index contributed by atoms with van der Waals surface area (Å²) in [6.07, 6.45) is 1.78.